The maximum atomic E-state index is 11.8. The standard InChI is InChI=1S/C17H25NO6/c1-9-7-13(23-6)10(2)11(14(9)19)8-12(15(20)21)18-16(22)24-17(3,4)5/h7,12,19H,8H2,1-6H3,(H,18,22)(H,20,21). The van der Waals surface area contributed by atoms with Gasteiger partial charge in [-0.1, -0.05) is 0 Å². The van der Waals surface area contributed by atoms with E-state index in [9.17, 15) is 19.8 Å². The third kappa shape index (κ3) is 5.04. The molecule has 0 fully saturated rings. The minimum atomic E-state index is -1.24. The van der Waals surface area contributed by atoms with Gasteiger partial charge in [-0.3, -0.25) is 0 Å². The molecule has 0 aliphatic rings. The molecule has 1 atom stereocenters. The van der Waals surface area contributed by atoms with Gasteiger partial charge >= 0.3 is 12.1 Å². The van der Waals surface area contributed by atoms with Crippen LogP contribution < -0.4 is 10.1 Å². The fourth-order valence-electron chi connectivity index (χ4n) is 2.25. The topological polar surface area (TPSA) is 105 Å². The molecule has 134 valence electrons. The van der Waals surface area contributed by atoms with Gasteiger partial charge in [0.25, 0.3) is 0 Å². The van der Waals surface area contributed by atoms with Crippen molar-refractivity contribution in [3.8, 4) is 11.5 Å². The van der Waals surface area contributed by atoms with Gasteiger partial charge in [0.2, 0.25) is 0 Å². The molecule has 0 aliphatic carbocycles. The van der Waals surface area contributed by atoms with Gasteiger partial charge in [0.05, 0.1) is 7.11 Å². The maximum Gasteiger partial charge on any atom is 0.408 e. The zero-order chi connectivity index (χ0) is 18.7. The summed E-state index contributed by atoms with van der Waals surface area (Å²) < 4.78 is 10.3. The molecule has 0 heterocycles. The number of methoxy groups -OCH3 is 1. The molecule has 24 heavy (non-hydrogen) atoms. The van der Waals surface area contributed by atoms with Crippen LogP contribution in [0.5, 0.6) is 11.5 Å². The zero-order valence-corrected chi connectivity index (χ0v) is 14.9. The summed E-state index contributed by atoms with van der Waals surface area (Å²) in [6.45, 7) is 8.47. The minimum absolute atomic E-state index is 0.00876. The van der Waals surface area contributed by atoms with Crippen LogP contribution in [0.1, 0.15) is 37.5 Å². The van der Waals surface area contributed by atoms with E-state index in [1.165, 1.54) is 7.11 Å². The summed E-state index contributed by atoms with van der Waals surface area (Å²) in [5.74, 6) is -0.688. The smallest absolute Gasteiger partial charge is 0.408 e. The Morgan fingerprint density at radius 3 is 2.33 bits per heavy atom. The van der Waals surface area contributed by atoms with Gasteiger partial charge in [-0.25, -0.2) is 9.59 Å². The molecule has 1 unspecified atom stereocenters. The Labute approximate surface area is 141 Å². The molecule has 0 saturated carbocycles. The molecule has 1 aromatic rings. The van der Waals surface area contributed by atoms with Crippen molar-refractivity contribution >= 4 is 12.1 Å². The molecule has 0 aliphatic heterocycles. The van der Waals surface area contributed by atoms with Crippen molar-refractivity contribution in [3.63, 3.8) is 0 Å². The highest BCUT2D eigenvalue weighted by atomic mass is 16.6. The van der Waals surface area contributed by atoms with E-state index in [1.54, 1.807) is 40.7 Å². The average Bonchev–Trinajstić information content (AvgIpc) is 2.43. The number of ether oxygens (including phenoxy) is 2. The van der Waals surface area contributed by atoms with Crippen molar-refractivity contribution in [2.45, 2.75) is 52.7 Å². The fourth-order valence-corrected chi connectivity index (χ4v) is 2.25. The number of hydrogen-bond acceptors (Lipinski definition) is 5. The number of phenols is 1. The van der Waals surface area contributed by atoms with Crippen LogP contribution in [-0.4, -0.2) is 41.0 Å². The summed E-state index contributed by atoms with van der Waals surface area (Å²) >= 11 is 0. The monoisotopic (exact) mass is 339 g/mol. The van der Waals surface area contributed by atoms with Crippen LogP contribution in [0.4, 0.5) is 4.79 Å². The Kier molecular flexibility index (Phi) is 6.06. The van der Waals surface area contributed by atoms with E-state index < -0.39 is 23.7 Å². The molecule has 7 nitrogen and oxygen atoms in total. The van der Waals surface area contributed by atoms with Gasteiger partial charge < -0.3 is 25.0 Å². The van der Waals surface area contributed by atoms with Crippen LogP contribution in [0.3, 0.4) is 0 Å². The van der Waals surface area contributed by atoms with Gasteiger partial charge in [0, 0.05) is 12.0 Å². The first-order valence-electron chi connectivity index (χ1n) is 7.54. The lowest BCUT2D eigenvalue weighted by Crippen LogP contribution is -2.44. The highest BCUT2D eigenvalue weighted by Crippen LogP contribution is 2.33. The highest BCUT2D eigenvalue weighted by molar-refractivity contribution is 5.80. The van der Waals surface area contributed by atoms with E-state index in [2.05, 4.69) is 5.32 Å². The van der Waals surface area contributed by atoms with Gasteiger partial charge in [-0.05, 0) is 51.8 Å². The molecule has 3 N–H and O–H groups in total. The van der Waals surface area contributed by atoms with Crippen LogP contribution in [0.25, 0.3) is 0 Å². The lowest BCUT2D eigenvalue weighted by molar-refractivity contribution is -0.139. The van der Waals surface area contributed by atoms with Gasteiger partial charge in [0.1, 0.15) is 23.1 Å². The largest absolute Gasteiger partial charge is 0.507 e. The Balaban J connectivity index is 3.08. The van der Waals surface area contributed by atoms with Crippen molar-refractivity contribution < 1.29 is 29.3 Å². The van der Waals surface area contributed by atoms with Gasteiger partial charge in [0.15, 0.2) is 0 Å². The second-order valence-electron chi connectivity index (χ2n) is 6.59. The molecule has 0 bridgehead atoms. The SMILES string of the molecule is COc1cc(C)c(O)c(CC(NC(=O)OC(C)(C)C)C(=O)O)c1C. The van der Waals surface area contributed by atoms with Crippen LogP contribution in [-0.2, 0) is 16.0 Å². The lowest BCUT2D eigenvalue weighted by Gasteiger charge is -2.23. The molecule has 1 rings (SSSR count). The lowest BCUT2D eigenvalue weighted by atomic mass is 9.96. The number of benzene rings is 1. The maximum absolute atomic E-state index is 11.8. The number of rotatable bonds is 5. The second-order valence-corrected chi connectivity index (χ2v) is 6.59. The van der Waals surface area contributed by atoms with Crippen LogP contribution in [0.15, 0.2) is 6.07 Å². The molecule has 0 spiro atoms. The van der Waals surface area contributed by atoms with Crippen LogP contribution >= 0.6 is 0 Å². The molecular formula is C17H25NO6. The first kappa shape index (κ1) is 19.6. The third-order valence-corrected chi connectivity index (χ3v) is 3.45. The fraction of sp³-hybridized carbons (Fsp3) is 0.529. The van der Waals surface area contributed by atoms with Crippen LogP contribution in [0, 0.1) is 13.8 Å². The van der Waals surface area contributed by atoms with Gasteiger partial charge in [-0.15, -0.1) is 0 Å². The van der Waals surface area contributed by atoms with Gasteiger partial charge in [-0.2, -0.15) is 0 Å². The number of phenolic OH excluding ortho intramolecular Hbond substituents is 1. The summed E-state index contributed by atoms with van der Waals surface area (Å²) in [5, 5.41) is 22.0. The van der Waals surface area contributed by atoms with Crippen molar-refractivity contribution in [1.82, 2.24) is 5.32 Å². The van der Waals surface area contributed by atoms with Crippen LogP contribution in [0.2, 0.25) is 0 Å². The predicted molar refractivity (Wildman–Crippen MR) is 88.6 cm³/mol. The average molecular weight is 339 g/mol. The van der Waals surface area contributed by atoms with E-state index in [4.69, 9.17) is 9.47 Å². The minimum Gasteiger partial charge on any atom is -0.507 e. The number of amides is 1. The van der Waals surface area contributed by atoms with E-state index in [0.29, 0.717) is 22.4 Å². The Morgan fingerprint density at radius 2 is 1.88 bits per heavy atom. The molecule has 0 saturated heterocycles. The van der Waals surface area contributed by atoms with Crippen molar-refractivity contribution in [3.05, 3.63) is 22.8 Å². The third-order valence-electron chi connectivity index (χ3n) is 3.45. The summed E-state index contributed by atoms with van der Waals surface area (Å²) in [6, 6.07) is 0.432. The number of aliphatic carboxylic acids is 1. The van der Waals surface area contributed by atoms with Crippen molar-refractivity contribution in [1.29, 1.82) is 0 Å². The first-order valence-corrected chi connectivity index (χ1v) is 7.54. The number of nitrogens with one attached hydrogen (secondary N) is 1. The summed E-state index contributed by atoms with van der Waals surface area (Å²) in [7, 11) is 1.50. The number of aromatic hydroxyl groups is 1. The Morgan fingerprint density at radius 1 is 1.29 bits per heavy atom. The highest BCUT2D eigenvalue weighted by Gasteiger charge is 2.27. The number of carboxylic acids is 1. The molecule has 0 radical (unpaired) electrons. The molecule has 0 aromatic heterocycles. The molecule has 1 amide bonds. The number of carbonyl (C=O) groups excluding carboxylic acids is 1. The molecule has 1 aromatic carbocycles. The first-order chi connectivity index (χ1) is 11.0. The predicted octanol–water partition coefficient (Wildman–Crippen LogP) is 2.54. The number of hydrogen-bond donors (Lipinski definition) is 3. The number of alkyl carbamates (subject to hydrolysis) is 1. The molecular weight excluding hydrogens is 314 g/mol. The van der Waals surface area contributed by atoms with E-state index in [1.807, 2.05) is 0 Å². The van der Waals surface area contributed by atoms with E-state index >= 15 is 0 Å². The number of carbonyl (C=O) groups is 2. The van der Waals surface area contributed by atoms with Crippen molar-refractivity contribution in [2.75, 3.05) is 7.11 Å². The summed E-state index contributed by atoms with van der Waals surface area (Å²) in [4.78, 5) is 23.3. The number of aryl methyl sites for hydroxylation is 1. The van der Waals surface area contributed by atoms with E-state index in [0.717, 1.165) is 0 Å². The second kappa shape index (κ2) is 7.42. The normalized spacial score (nSPS) is 12.4. The van der Waals surface area contributed by atoms with Crippen molar-refractivity contribution in [2.24, 2.45) is 0 Å². The Hall–Kier alpha value is -2.44. The van der Waals surface area contributed by atoms with E-state index in [-0.39, 0.29) is 12.2 Å². The summed E-state index contributed by atoms with van der Waals surface area (Å²) in [5.41, 5.74) is 0.861. The quantitative estimate of drug-likeness (QED) is 0.761. The molecule has 7 heteroatoms. The summed E-state index contributed by atoms with van der Waals surface area (Å²) in [6.07, 6.45) is -0.920. The number of carboxylic acid groups (broad SMARTS) is 1. The Bertz CT molecular complexity index is 633. The zero-order valence-electron chi connectivity index (χ0n) is 14.9.